The summed E-state index contributed by atoms with van der Waals surface area (Å²) in [4.78, 5) is 6.22. The van der Waals surface area contributed by atoms with E-state index in [0.717, 1.165) is 6.42 Å². The number of fused-ring (bicyclic) bond motifs is 3. The maximum atomic E-state index is 3.45. The number of benzene rings is 1. The summed E-state index contributed by atoms with van der Waals surface area (Å²) in [5.41, 5.74) is 1.25. The van der Waals surface area contributed by atoms with Crippen molar-refractivity contribution in [1.82, 2.24) is 4.98 Å². The molecule has 70 valence electrons. The fourth-order valence-electron chi connectivity index (χ4n) is 1.86. The summed E-state index contributed by atoms with van der Waals surface area (Å²) in [5, 5.41) is 2.72. The molecular formula is C12H11NS. The maximum absolute atomic E-state index is 3.45. The van der Waals surface area contributed by atoms with Gasteiger partial charge in [-0.05, 0) is 18.6 Å². The minimum absolute atomic E-state index is 1.13. The lowest BCUT2D eigenvalue weighted by Crippen LogP contribution is -1.68. The first-order valence-corrected chi connectivity index (χ1v) is 5.69. The standard InChI is InChI=1S/C12H11NS/c1-2-8-7-10-9-5-3-4-6-11(9)13-12(10)14-8/h3-7,13H,2H2,1H3. The Morgan fingerprint density at radius 1 is 1.21 bits per heavy atom. The van der Waals surface area contributed by atoms with Crippen molar-refractivity contribution >= 4 is 32.5 Å². The molecule has 0 aliphatic heterocycles. The monoisotopic (exact) mass is 201 g/mol. The van der Waals surface area contributed by atoms with E-state index < -0.39 is 0 Å². The lowest BCUT2D eigenvalue weighted by Gasteiger charge is -1.87. The van der Waals surface area contributed by atoms with Gasteiger partial charge in [0, 0.05) is 21.2 Å². The van der Waals surface area contributed by atoms with Gasteiger partial charge >= 0.3 is 0 Å². The van der Waals surface area contributed by atoms with Gasteiger partial charge in [0.25, 0.3) is 0 Å². The van der Waals surface area contributed by atoms with Crippen molar-refractivity contribution in [2.24, 2.45) is 0 Å². The summed E-state index contributed by atoms with van der Waals surface area (Å²) in [6.07, 6.45) is 1.13. The molecule has 3 rings (SSSR count). The molecule has 0 amide bonds. The molecule has 3 aromatic rings. The normalized spacial score (nSPS) is 11.5. The zero-order valence-corrected chi connectivity index (χ0v) is 8.82. The van der Waals surface area contributed by atoms with Crippen molar-refractivity contribution in [2.45, 2.75) is 13.3 Å². The van der Waals surface area contributed by atoms with Gasteiger partial charge in [-0.25, -0.2) is 0 Å². The predicted molar refractivity (Wildman–Crippen MR) is 63.1 cm³/mol. The van der Waals surface area contributed by atoms with Crippen LogP contribution in [0.5, 0.6) is 0 Å². The minimum atomic E-state index is 1.13. The quantitative estimate of drug-likeness (QED) is 0.613. The van der Waals surface area contributed by atoms with Gasteiger partial charge in [0.05, 0.1) is 0 Å². The molecule has 2 aromatic heterocycles. The molecule has 1 nitrogen and oxygen atoms in total. The van der Waals surface area contributed by atoms with Crippen molar-refractivity contribution in [3.05, 3.63) is 35.2 Å². The molecule has 1 aromatic carbocycles. The van der Waals surface area contributed by atoms with Crippen LogP contribution in [-0.2, 0) is 6.42 Å². The third-order valence-corrected chi connectivity index (χ3v) is 3.79. The zero-order chi connectivity index (χ0) is 9.54. The number of aryl methyl sites for hydroxylation is 1. The van der Waals surface area contributed by atoms with Crippen LogP contribution in [0.25, 0.3) is 21.1 Å². The van der Waals surface area contributed by atoms with E-state index in [9.17, 15) is 0 Å². The number of thiophene rings is 1. The smallest absolute Gasteiger partial charge is 0.101 e. The van der Waals surface area contributed by atoms with Crippen LogP contribution in [0.15, 0.2) is 30.3 Å². The highest BCUT2D eigenvalue weighted by molar-refractivity contribution is 7.18. The minimum Gasteiger partial charge on any atom is -0.346 e. The lowest BCUT2D eigenvalue weighted by atomic mass is 10.2. The molecule has 2 heterocycles. The van der Waals surface area contributed by atoms with Crippen LogP contribution in [0.3, 0.4) is 0 Å². The molecule has 0 unspecified atom stereocenters. The van der Waals surface area contributed by atoms with Crippen molar-refractivity contribution in [3.63, 3.8) is 0 Å². The van der Waals surface area contributed by atoms with Crippen LogP contribution < -0.4 is 0 Å². The number of rotatable bonds is 1. The van der Waals surface area contributed by atoms with Crippen molar-refractivity contribution in [1.29, 1.82) is 0 Å². The van der Waals surface area contributed by atoms with E-state index in [1.54, 1.807) is 0 Å². The molecule has 0 fully saturated rings. The van der Waals surface area contributed by atoms with E-state index in [1.807, 2.05) is 11.3 Å². The van der Waals surface area contributed by atoms with E-state index in [-0.39, 0.29) is 0 Å². The average Bonchev–Trinajstić information content (AvgIpc) is 2.73. The highest BCUT2D eigenvalue weighted by atomic mass is 32.1. The first-order valence-electron chi connectivity index (χ1n) is 4.87. The molecule has 0 bridgehead atoms. The number of hydrogen-bond donors (Lipinski definition) is 1. The SMILES string of the molecule is CCc1cc2c([nH]c3ccccc32)s1. The average molecular weight is 201 g/mol. The number of aromatic amines is 1. The molecular weight excluding hydrogens is 190 g/mol. The Morgan fingerprint density at radius 2 is 2.07 bits per heavy atom. The molecule has 0 spiro atoms. The Morgan fingerprint density at radius 3 is 2.93 bits per heavy atom. The molecule has 0 atom stereocenters. The van der Waals surface area contributed by atoms with Crippen LogP contribution in [0, 0.1) is 0 Å². The molecule has 2 heteroatoms. The fraction of sp³-hybridized carbons (Fsp3) is 0.167. The molecule has 0 saturated heterocycles. The van der Waals surface area contributed by atoms with Gasteiger partial charge in [0.15, 0.2) is 0 Å². The van der Waals surface area contributed by atoms with Gasteiger partial charge in [-0.2, -0.15) is 0 Å². The third kappa shape index (κ3) is 1.01. The maximum Gasteiger partial charge on any atom is 0.101 e. The number of para-hydroxylation sites is 1. The Labute approximate surface area is 86.4 Å². The second-order valence-corrected chi connectivity index (χ2v) is 4.62. The lowest BCUT2D eigenvalue weighted by molar-refractivity contribution is 1.19. The van der Waals surface area contributed by atoms with Crippen LogP contribution >= 0.6 is 11.3 Å². The molecule has 14 heavy (non-hydrogen) atoms. The van der Waals surface area contributed by atoms with E-state index in [2.05, 4.69) is 42.2 Å². The first kappa shape index (κ1) is 8.06. The second kappa shape index (κ2) is 2.85. The second-order valence-electron chi connectivity index (χ2n) is 3.48. The largest absolute Gasteiger partial charge is 0.346 e. The number of hydrogen-bond acceptors (Lipinski definition) is 1. The third-order valence-electron chi connectivity index (χ3n) is 2.60. The predicted octanol–water partition coefficient (Wildman–Crippen LogP) is 3.95. The van der Waals surface area contributed by atoms with Gasteiger partial charge in [-0.15, -0.1) is 11.3 Å². The van der Waals surface area contributed by atoms with Crippen molar-refractivity contribution in [3.8, 4) is 0 Å². The highest BCUT2D eigenvalue weighted by Gasteiger charge is 2.06. The molecule has 0 aliphatic carbocycles. The highest BCUT2D eigenvalue weighted by Crippen LogP contribution is 2.31. The zero-order valence-electron chi connectivity index (χ0n) is 8.00. The first-order chi connectivity index (χ1) is 6.88. The van der Waals surface area contributed by atoms with Crippen LogP contribution in [0.1, 0.15) is 11.8 Å². The Hall–Kier alpha value is -1.28. The van der Waals surface area contributed by atoms with Crippen LogP contribution in [0.2, 0.25) is 0 Å². The number of aromatic nitrogens is 1. The Kier molecular flexibility index (Phi) is 1.64. The number of H-pyrrole nitrogens is 1. The summed E-state index contributed by atoms with van der Waals surface area (Å²) < 4.78 is 0. The molecule has 0 aliphatic rings. The summed E-state index contributed by atoms with van der Waals surface area (Å²) in [6.45, 7) is 2.20. The van der Waals surface area contributed by atoms with Gasteiger partial charge < -0.3 is 4.98 Å². The van der Waals surface area contributed by atoms with E-state index in [1.165, 1.54) is 26.0 Å². The Bertz CT molecular complexity index is 588. The van der Waals surface area contributed by atoms with E-state index in [4.69, 9.17) is 0 Å². The summed E-state index contributed by atoms with van der Waals surface area (Å²) in [5.74, 6) is 0. The van der Waals surface area contributed by atoms with Crippen molar-refractivity contribution < 1.29 is 0 Å². The van der Waals surface area contributed by atoms with Crippen LogP contribution in [-0.4, -0.2) is 4.98 Å². The molecule has 0 radical (unpaired) electrons. The summed E-state index contributed by atoms with van der Waals surface area (Å²) in [7, 11) is 0. The Balaban J connectivity index is 2.45. The molecule has 0 saturated carbocycles. The fourth-order valence-corrected chi connectivity index (χ4v) is 2.88. The van der Waals surface area contributed by atoms with Crippen molar-refractivity contribution in [2.75, 3.05) is 0 Å². The van der Waals surface area contributed by atoms with Gasteiger partial charge in [0.2, 0.25) is 0 Å². The summed E-state index contributed by atoms with van der Waals surface area (Å²) >= 11 is 1.87. The van der Waals surface area contributed by atoms with Gasteiger partial charge in [-0.1, -0.05) is 25.1 Å². The van der Waals surface area contributed by atoms with Crippen LogP contribution in [0.4, 0.5) is 0 Å². The van der Waals surface area contributed by atoms with Gasteiger partial charge in [0.1, 0.15) is 4.83 Å². The topological polar surface area (TPSA) is 15.8 Å². The number of nitrogens with one attached hydrogen (secondary N) is 1. The van der Waals surface area contributed by atoms with E-state index in [0.29, 0.717) is 0 Å². The van der Waals surface area contributed by atoms with Gasteiger partial charge in [-0.3, -0.25) is 0 Å². The van der Waals surface area contributed by atoms with E-state index >= 15 is 0 Å². The summed E-state index contributed by atoms with van der Waals surface area (Å²) in [6, 6.07) is 10.8. The molecule has 1 N–H and O–H groups in total.